The second-order valence-corrected chi connectivity index (χ2v) is 5.16. The minimum absolute atomic E-state index is 0.0489. The molecule has 0 unspecified atom stereocenters. The summed E-state index contributed by atoms with van der Waals surface area (Å²) >= 11 is 0. The molecule has 0 bridgehead atoms. The lowest BCUT2D eigenvalue weighted by atomic mass is 10.1. The molecule has 1 aromatic carbocycles. The van der Waals surface area contributed by atoms with E-state index in [1.54, 1.807) is 26.2 Å². The molecule has 1 aromatic rings. The molecule has 120 valence electrons. The van der Waals surface area contributed by atoms with Crippen LogP contribution >= 0.6 is 0 Å². The van der Waals surface area contributed by atoms with Gasteiger partial charge in [-0.05, 0) is 38.5 Å². The van der Waals surface area contributed by atoms with Gasteiger partial charge in [-0.3, -0.25) is 0 Å². The summed E-state index contributed by atoms with van der Waals surface area (Å²) in [4.78, 5) is 0. The SMILES string of the molecule is CCOc1cc(CNCC(C)(C)OC)ccc1OC(F)F. The van der Waals surface area contributed by atoms with Crippen molar-refractivity contribution in [3.8, 4) is 11.5 Å². The summed E-state index contributed by atoms with van der Waals surface area (Å²) in [6.07, 6.45) is 0. The third-order valence-electron chi connectivity index (χ3n) is 2.96. The van der Waals surface area contributed by atoms with Crippen LogP contribution in [0.15, 0.2) is 18.2 Å². The molecule has 21 heavy (non-hydrogen) atoms. The van der Waals surface area contributed by atoms with E-state index in [-0.39, 0.29) is 11.4 Å². The van der Waals surface area contributed by atoms with Crippen molar-refractivity contribution < 1.29 is 23.0 Å². The number of halogens is 2. The summed E-state index contributed by atoms with van der Waals surface area (Å²) in [5.41, 5.74) is 0.661. The Morgan fingerprint density at radius 1 is 1.24 bits per heavy atom. The van der Waals surface area contributed by atoms with E-state index >= 15 is 0 Å². The summed E-state index contributed by atoms with van der Waals surface area (Å²) in [5.74, 6) is 0.371. The van der Waals surface area contributed by atoms with E-state index in [9.17, 15) is 8.78 Å². The van der Waals surface area contributed by atoms with Gasteiger partial charge in [0.05, 0.1) is 12.2 Å². The van der Waals surface area contributed by atoms with Crippen molar-refractivity contribution in [3.05, 3.63) is 23.8 Å². The Hall–Kier alpha value is -1.40. The van der Waals surface area contributed by atoms with Crippen molar-refractivity contribution in [2.75, 3.05) is 20.3 Å². The Morgan fingerprint density at radius 3 is 2.52 bits per heavy atom. The average molecular weight is 303 g/mol. The predicted molar refractivity (Wildman–Crippen MR) is 77.0 cm³/mol. The molecule has 0 aliphatic heterocycles. The second kappa shape index (κ2) is 8.14. The summed E-state index contributed by atoms with van der Waals surface area (Å²) in [6.45, 7) is 4.52. The number of ether oxygens (including phenoxy) is 3. The first-order chi connectivity index (χ1) is 9.88. The molecule has 0 amide bonds. The number of alkyl halides is 2. The van der Waals surface area contributed by atoms with Gasteiger partial charge in [0, 0.05) is 20.2 Å². The predicted octanol–water partition coefficient (Wildman–Crippen LogP) is 3.20. The van der Waals surface area contributed by atoms with Crippen molar-refractivity contribution in [1.82, 2.24) is 5.32 Å². The summed E-state index contributed by atoms with van der Waals surface area (Å²) in [6, 6.07) is 4.93. The largest absolute Gasteiger partial charge is 0.490 e. The Bertz CT molecular complexity index is 439. The van der Waals surface area contributed by atoms with Gasteiger partial charge in [-0.15, -0.1) is 0 Å². The molecule has 0 aromatic heterocycles. The fourth-order valence-electron chi connectivity index (χ4n) is 1.70. The lowest BCUT2D eigenvalue weighted by Gasteiger charge is -2.23. The van der Waals surface area contributed by atoms with Crippen molar-refractivity contribution in [2.24, 2.45) is 0 Å². The molecule has 0 radical (unpaired) electrons. The topological polar surface area (TPSA) is 39.7 Å². The first-order valence-corrected chi connectivity index (χ1v) is 6.84. The Morgan fingerprint density at radius 2 is 1.95 bits per heavy atom. The normalized spacial score (nSPS) is 11.8. The summed E-state index contributed by atoms with van der Waals surface area (Å²) < 4.78 is 39.7. The van der Waals surface area contributed by atoms with Crippen LogP contribution in [0.2, 0.25) is 0 Å². The maximum atomic E-state index is 12.3. The highest BCUT2D eigenvalue weighted by atomic mass is 19.3. The van der Waals surface area contributed by atoms with Gasteiger partial charge >= 0.3 is 6.61 Å². The van der Waals surface area contributed by atoms with Crippen LogP contribution in [0.3, 0.4) is 0 Å². The molecule has 0 aliphatic rings. The van der Waals surface area contributed by atoms with Crippen LogP contribution in [0.4, 0.5) is 8.78 Å². The highest BCUT2D eigenvalue weighted by Crippen LogP contribution is 2.29. The quantitative estimate of drug-likeness (QED) is 0.760. The molecule has 6 heteroatoms. The van der Waals surface area contributed by atoms with Gasteiger partial charge in [0.1, 0.15) is 0 Å². The molecule has 0 saturated carbocycles. The molecular weight excluding hydrogens is 280 g/mol. The van der Waals surface area contributed by atoms with E-state index in [0.717, 1.165) is 5.56 Å². The van der Waals surface area contributed by atoms with E-state index in [1.807, 2.05) is 13.8 Å². The summed E-state index contributed by atoms with van der Waals surface area (Å²) in [7, 11) is 1.66. The Labute approximate surface area is 124 Å². The number of methoxy groups -OCH3 is 1. The molecular formula is C15H23F2NO3. The molecule has 0 spiro atoms. The van der Waals surface area contributed by atoms with Gasteiger partial charge in [-0.2, -0.15) is 8.78 Å². The average Bonchev–Trinajstić information content (AvgIpc) is 2.41. The molecule has 0 saturated heterocycles. The van der Waals surface area contributed by atoms with Gasteiger partial charge in [-0.1, -0.05) is 6.07 Å². The molecule has 0 heterocycles. The highest BCUT2D eigenvalue weighted by Gasteiger charge is 2.16. The van der Waals surface area contributed by atoms with E-state index in [2.05, 4.69) is 10.1 Å². The number of hydrogen-bond donors (Lipinski definition) is 1. The maximum Gasteiger partial charge on any atom is 0.387 e. The number of rotatable bonds is 9. The molecule has 1 rings (SSSR count). The number of nitrogens with one attached hydrogen (secondary N) is 1. The minimum atomic E-state index is -2.87. The van der Waals surface area contributed by atoms with Crippen molar-refractivity contribution in [3.63, 3.8) is 0 Å². The standard InChI is InChI=1S/C15H23F2NO3/c1-5-20-13-8-11(6-7-12(13)21-14(16)17)9-18-10-15(2,3)19-4/h6-8,14,18H,5,9-10H2,1-4H3. The van der Waals surface area contributed by atoms with Crippen LogP contribution in [0.25, 0.3) is 0 Å². The minimum Gasteiger partial charge on any atom is -0.490 e. The monoisotopic (exact) mass is 303 g/mol. The number of hydrogen-bond acceptors (Lipinski definition) is 4. The highest BCUT2D eigenvalue weighted by molar-refractivity contribution is 5.43. The van der Waals surface area contributed by atoms with E-state index < -0.39 is 6.61 Å². The third kappa shape index (κ3) is 6.27. The zero-order chi connectivity index (χ0) is 15.9. The van der Waals surface area contributed by atoms with E-state index in [0.29, 0.717) is 25.4 Å². The zero-order valence-corrected chi connectivity index (χ0v) is 12.9. The van der Waals surface area contributed by atoms with Gasteiger partial charge < -0.3 is 19.5 Å². The van der Waals surface area contributed by atoms with Gasteiger partial charge in [0.2, 0.25) is 0 Å². The fourth-order valence-corrected chi connectivity index (χ4v) is 1.70. The van der Waals surface area contributed by atoms with Gasteiger partial charge in [-0.25, -0.2) is 0 Å². The van der Waals surface area contributed by atoms with Crippen LogP contribution in [0, 0.1) is 0 Å². The lowest BCUT2D eigenvalue weighted by Crippen LogP contribution is -2.36. The van der Waals surface area contributed by atoms with Crippen LogP contribution in [0.1, 0.15) is 26.3 Å². The van der Waals surface area contributed by atoms with Crippen LogP contribution in [0.5, 0.6) is 11.5 Å². The van der Waals surface area contributed by atoms with Crippen molar-refractivity contribution in [2.45, 2.75) is 39.5 Å². The summed E-state index contributed by atoms with van der Waals surface area (Å²) in [5, 5.41) is 3.25. The third-order valence-corrected chi connectivity index (χ3v) is 2.96. The second-order valence-electron chi connectivity index (χ2n) is 5.16. The lowest BCUT2D eigenvalue weighted by molar-refractivity contribution is -0.0514. The Kier molecular flexibility index (Phi) is 6.84. The molecule has 1 N–H and O–H groups in total. The van der Waals surface area contributed by atoms with Crippen LogP contribution < -0.4 is 14.8 Å². The zero-order valence-electron chi connectivity index (χ0n) is 12.9. The van der Waals surface area contributed by atoms with Gasteiger partial charge in [0.25, 0.3) is 0 Å². The smallest absolute Gasteiger partial charge is 0.387 e. The van der Waals surface area contributed by atoms with E-state index in [4.69, 9.17) is 9.47 Å². The molecule has 0 aliphatic carbocycles. The first-order valence-electron chi connectivity index (χ1n) is 6.84. The first kappa shape index (κ1) is 17.7. The molecule has 0 fully saturated rings. The number of benzene rings is 1. The molecule has 0 atom stereocenters. The van der Waals surface area contributed by atoms with Gasteiger partial charge in [0.15, 0.2) is 11.5 Å². The van der Waals surface area contributed by atoms with E-state index in [1.165, 1.54) is 6.07 Å². The maximum absolute atomic E-state index is 12.3. The Balaban J connectivity index is 2.69. The molecule has 4 nitrogen and oxygen atoms in total. The van der Waals surface area contributed by atoms with Crippen LogP contribution in [-0.2, 0) is 11.3 Å². The van der Waals surface area contributed by atoms with Crippen LogP contribution in [-0.4, -0.2) is 32.5 Å². The fraction of sp³-hybridized carbons (Fsp3) is 0.600. The van der Waals surface area contributed by atoms with Crippen molar-refractivity contribution >= 4 is 0 Å². The van der Waals surface area contributed by atoms with Crippen molar-refractivity contribution in [1.29, 1.82) is 0 Å².